The Kier molecular flexibility index (Phi) is 6.07. The summed E-state index contributed by atoms with van der Waals surface area (Å²) in [6, 6.07) is 9.42. The van der Waals surface area contributed by atoms with Crippen LogP contribution in [0.25, 0.3) is 0 Å². The first kappa shape index (κ1) is 21.5. The van der Waals surface area contributed by atoms with E-state index < -0.39 is 20.0 Å². The summed E-state index contributed by atoms with van der Waals surface area (Å²) in [5, 5.41) is 0. The largest absolute Gasteiger partial charge is 0.353 e. The van der Waals surface area contributed by atoms with Crippen molar-refractivity contribution in [3.05, 3.63) is 48.3 Å². The molecular weight excluding hydrogens is 422 g/mol. The number of benzene rings is 1. The van der Waals surface area contributed by atoms with Gasteiger partial charge in [-0.3, -0.25) is 0 Å². The number of nitrogens with zero attached hydrogens (tertiary/aromatic N) is 3. The lowest BCUT2D eigenvalue weighted by atomic mass is 10.1. The van der Waals surface area contributed by atoms with Crippen molar-refractivity contribution in [3.63, 3.8) is 0 Å². The van der Waals surface area contributed by atoms with Crippen LogP contribution in [0.5, 0.6) is 0 Å². The van der Waals surface area contributed by atoms with Gasteiger partial charge in [0.05, 0.1) is 15.8 Å². The zero-order valence-corrected chi connectivity index (χ0v) is 18.9. The molecule has 3 heterocycles. The summed E-state index contributed by atoms with van der Waals surface area (Å²) < 4.78 is 57.6. The standard InChI is InChI=1S/C21H29N3O4S2/c1-22-14-7-9-20(22)21-8-3-2-4-17-24(21)30(27,28)19-12-10-18(11-13-19)29(25,26)23-15-5-6-16-23/h7,9-14,21H,2-6,8,15-17H2,1H3. The van der Waals surface area contributed by atoms with Gasteiger partial charge in [0.1, 0.15) is 0 Å². The predicted octanol–water partition coefficient (Wildman–Crippen LogP) is 3.12. The lowest BCUT2D eigenvalue weighted by molar-refractivity contribution is 0.318. The fraction of sp³-hybridized carbons (Fsp3) is 0.524. The molecule has 0 saturated carbocycles. The number of hydrogen-bond acceptors (Lipinski definition) is 4. The average Bonchev–Trinajstić information content (AvgIpc) is 3.35. The van der Waals surface area contributed by atoms with Crippen LogP contribution in [0.2, 0.25) is 0 Å². The molecule has 2 fully saturated rings. The maximum Gasteiger partial charge on any atom is 0.243 e. The number of sulfonamides is 2. The number of aromatic nitrogens is 1. The van der Waals surface area contributed by atoms with E-state index in [9.17, 15) is 16.8 Å². The normalized spacial score (nSPS) is 22.2. The van der Waals surface area contributed by atoms with Crippen molar-refractivity contribution in [2.75, 3.05) is 19.6 Å². The average molecular weight is 452 g/mol. The van der Waals surface area contributed by atoms with Crippen LogP contribution in [0.3, 0.4) is 0 Å². The Hall–Kier alpha value is -1.68. The Labute approximate surface area is 179 Å². The van der Waals surface area contributed by atoms with Gasteiger partial charge >= 0.3 is 0 Å². The van der Waals surface area contributed by atoms with Crippen molar-refractivity contribution in [1.82, 2.24) is 13.2 Å². The molecule has 9 heteroatoms. The lowest BCUT2D eigenvalue weighted by Crippen LogP contribution is -2.35. The molecule has 4 rings (SSSR count). The monoisotopic (exact) mass is 451 g/mol. The smallest absolute Gasteiger partial charge is 0.243 e. The quantitative estimate of drug-likeness (QED) is 0.700. The highest BCUT2D eigenvalue weighted by molar-refractivity contribution is 7.89. The molecule has 2 aliphatic rings. The minimum atomic E-state index is -3.75. The molecule has 1 unspecified atom stereocenters. The third kappa shape index (κ3) is 3.95. The summed E-state index contributed by atoms with van der Waals surface area (Å²) in [6.07, 6.45) is 7.24. The van der Waals surface area contributed by atoms with Gasteiger partial charge in [-0.1, -0.05) is 12.8 Å². The van der Waals surface area contributed by atoms with Crippen LogP contribution in [0, 0.1) is 0 Å². The van der Waals surface area contributed by atoms with Crippen molar-refractivity contribution in [2.45, 2.75) is 54.4 Å². The molecule has 0 radical (unpaired) electrons. The minimum absolute atomic E-state index is 0.143. The fourth-order valence-corrected chi connectivity index (χ4v) is 7.67. The first-order chi connectivity index (χ1) is 14.3. The zero-order chi connectivity index (χ0) is 21.4. The number of hydrogen-bond donors (Lipinski definition) is 0. The summed E-state index contributed by atoms with van der Waals surface area (Å²) in [6.45, 7) is 1.51. The molecule has 2 aromatic rings. The van der Waals surface area contributed by atoms with Crippen LogP contribution < -0.4 is 0 Å². The summed E-state index contributed by atoms with van der Waals surface area (Å²) in [4.78, 5) is 0.294. The molecule has 0 aliphatic carbocycles. The molecule has 30 heavy (non-hydrogen) atoms. The van der Waals surface area contributed by atoms with Crippen LogP contribution in [-0.2, 0) is 27.1 Å². The van der Waals surface area contributed by atoms with E-state index in [-0.39, 0.29) is 15.8 Å². The summed E-state index contributed by atoms with van der Waals surface area (Å²) in [5.41, 5.74) is 0.980. The van der Waals surface area contributed by atoms with E-state index in [4.69, 9.17) is 0 Å². The molecule has 2 saturated heterocycles. The summed E-state index contributed by atoms with van der Waals surface area (Å²) >= 11 is 0. The third-order valence-electron chi connectivity index (χ3n) is 6.16. The topological polar surface area (TPSA) is 79.7 Å². The van der Waals surface area contributed by atoms with Gasteiger partial charge in [0.2, 0.25) is 20.0 Å². The molecule has 1 atom stereocenters. The Morgan fingerprint density at radius 1 is 0.767 bits per heavy atom. The van der Waals surface area contributed by atoms with E-state index in [2.05, 4.69) is 0 Å². The number of aryl methyl sites for hydroxylation is 1. The van der Waals surface area contributed by atoms with Crippen LogP contribution in [0.4, 0.5) is 0 Å². The van der Waals surface area contributed by atoms with Crippen LogP contribution in [-0.4, -0.2) is 49.6 Å². The van der Waals surface area contributed by atoms with E-state index >= 15 is 0 Å². The van der Waals surface area contributed by atoms with E-state index in [1.54, 1.807) is 4.31 Å². The second kappa shape index (κ2) is 8.45. The van der Waals surface area contributed by atoms with Crippen molar-refractivity contribution in [3.8, 4) is 0 Å². The maximum atomic E-state index is 13.5. The maximum absolute atomic E-state index is 13.5. The second-order valence-electron chi connectivity index (χ2n) is 8.11. The molecule has 0 N–H and O–H groups in total. The molecule has 1 aromatic carbocycles. The molecule has 164 valence electrons. The minimum Gasteiger partial charge on any atom is -0.353 e. The molecular formula is C21H29N3O4S2. The predicted molar refractivity (Wildman–Crippen MR) is 115 cm³/mol. The van der Waals surface area contributed by atoms with Gasteiger partial charge < -0.3 is 4.57 Å². The Morgan fingerprint density at radius 2 is 1.37 bits per heavy atom. The molecule has 7 nitrogen and oxygen atoms in total. The fourth-order valence-electron chi connectivity index (χ4n) is 4.48. The van der Waals surface area contributed by atoms with Crippen LogP contribution in [0.1, 0.15) is 50.3 Å². The van der Waals surface area contributed by atoms with E-state index in [0.29, 0.717) is 19.6 Å². The van der Waals surface area contributed by atoms with Gasteiger partial charge in [0.15, 0.2) is 0 Å². The molecule has 2 aliphatic heterocycles. The van der Waals surface area contributed by atoms with E-state index in [1.807, 2.05) is 29.9 Å². The zero-order valence-electron chi connectivity index (χ0n) is 17.3. The number of rotatable bonds is 5. The van der Waals surface area contributed by atoms with Crippen molar-refractivity contribution in [2.24, 2.45) is 7.05 Å². The first-order valence-corrected chi connectivity index (χ1v) is 13.4. The van der Waals surface area contributed by atoms with Crippen LogP contribution >= 0.6 is 0 Å². The Bertz CT molecular complexity index is 1090. The lowest BCUT2D eigenvalue weighted by Gasteiger charge is -2.29. The highest BCUT2D eigenvalue weighted by atomic mass is 32.2. The van der Waals surface area contributed by atoms with E-state index in [1.165, 1.54) is 28.6 Å². The highest BCUT2D eigenvalue weighted by Gasteiger charge is 2.35. The van der Waals surface area contributed by atoms with Gasteiger partial charge in [-0.2, -0.15) is 8.61 Å². The molecule has 0 bridgehead atoms. The van der Waals surface area contributed by atoms with Crippen molar-refractivity contribution < 1.29 is 16.8 Å². The highest BCUT2D eigenvalue weighted by Crippen LogP contribution is 2.35. The molecule has 1 aromatic heterocycles. The summed E-state index contributed by atoms with van der Waals surface area (Å²) in [7, 11) is -5.38. The van der Waals surface area contributed by atoms with Crippen molar-refractivity contribution in [1.29, 1.82) is 0 Å². The van der Waals surface area contributed by atoms with Crippen molar-refractivity contribution >= 4 is 20.0 Å². The molecule has 0 spiro atoms. The summed E-state index contributed by atoms with van der Waals surface area (Å²) in [5.74, 6) is 0. The Balaban J connectivity index is 1.65. The second-order valence-corrected chi connectivity index (χ2v) is 11.9. The van der Waals surface area contributed by atoms with Gasteiger partial charge in [-0.15, -0.1) is 0 Å². The Morgan fingerprint density at radius 3 is 1.97 bits per heavy atom. The third-order valence-corrected chi connectivity index (χ3v) is 10.00. The van der Waals surface area contributed by atoms with Crippen LogP contribution in [0.15, 0.2) is 52.4 Å². The first-order valence-electron chi connectivity index (χ1n) is 10.5. The van der Waals surface area contributed by atoms with E-state index in [0.717, 1.165) is 44.2 Å². The van der Waals surface area contributed by atoms with Gasteiger partial charge in [-0.05, 0) is 62.1 Å². The van der Waals surface area contributed by atoms with Gasteiger partial charge in [0, 0.05) is 38.6 Å². The molecule has 0 amide bonds. The van der Waals surface area contributed by atoms with Gasteiger partial charge in [-0.25, -0.2) is 16.8 Å². The van der Waals surface area contributed by atoms with Gasteiger partial charge in [0.25, 0.3) is 0 Å². The SMILES string of the molecule is Cn1cccc1C1CCCCCN1S(=O)(=O)c1ccc(S(=O)(=O)N2CCCC2)cc1.